The molecule has 0 saturated carbocycles. The first-order valence-electron chi connectivity index (χ1n) is 7.17. The zero-order valence-electron chi connectivity index (χ0n) is 12.2. The van der Waals surface area contributed by atoms with Crippen LogP contribution >= 0.6 is 0 Å². The summed E-state index contributed by atoms with van der Waals surface area (Å²) in [4.78, 5) is 13.8. The molecule has 2 aliphatic rings. The molecule has 0 aromatic carbocycles. The van der Waals surface area contributed by atoms with Gasteiger partial charge < -0.3 is 10.8 Å². The molecule has 0 aliphatic carbocycles. The predicted molar refractivity (Wildman–Crippen MR) is 80.3 cm³/mol. The third-order valence-electron chi connectivity index (χ3n) is 3.18. The quantitative estimate of drug-likeness (QED) is 0.720. The summed E-state index contributed by atoms with van der Waals surface area (Å²) in [5.74, 6) is 0. The van der Waals surface area contributed by atoms with Gasteiger partial charge in [0.05, 0.1) is 6.17 Å². The number of hydrogen-bond donors (Lipinski definition) is 3. The smallest absolute Gasteiger partial charge is 0.411 e. The highest BCUT2D eigenvalue weighted by Gasteiger charge is 2.14. The number of hydrogen-bond acceptors (Lipinski definition) is 4. The third-order valence-corrected chi connectivity index (χ3v) is 3.18. The van der Waals surface area contributed by atoms with Crippen molar-refractivity contribution >= 4 is 6.09 Å². The summed E-state index contributed by atoms with van der Waals surface area (Å²) in [6.07, 6.45) is 8.69. The first kappa shape index (κ1) is 16.7. The predicted octanol–water partition coefficient (Wildman–Crippen LogP) is 1.03. The van der Waals surface area contributed by atoms with Crippen LogP contribution < -0.4 is 11.1 Å². The van der Waals surface area contributed by atoms with Crippen LogP contribution in [0.15, 0.2) is 24.4 Å². The number of nitrogens with two attached hydrogens (primary N) is 1. The number of nitrogens with zero attached hydrogens (tertiary/aromatic N) is 2. The van der Waals surface area contributed by atoms with Gasteiger partial charge in [-0.15, -0.1) is 0 Å². The highest BCUT2D eigenvalue weighted by atomic mass is 16.4. The van der Waals surface area contributed by atoms with Crippen LogP contribution in [-0.2, 0) is 0 Å². The fraction of sp³-hybridized carbons (Fsp3) is 0.643. The minimum Gasteiger partial charge on any atom is -0.465 e. The van der Waals surface area contributed by atoms with Crippen LogP contribution in [0, 0.1) is 0 Å². The Morgan fingerprint density at radius 3 is 2.80 bits per heavy atom. The summed E-state index contributed by atoms with van der Waals surface area (Å²) in [6.45, 7) is 7.12. The molecule has 0 spiro atoms. The van der Waals surface area contributed by atoms with Crippen LogP contribution in [0.1, 0.15) is 19.8 Å². The minimum atomic E-state index is -0.907. The van der Waals surface area contributed by atoms with E-state index in [1.807, 2.05) is 6.08 Å². The van der Waals surface area contributed by atoms with Crippen LogP contribution in [0.5, 0.6) is 0 Å². The van der Waals surface area contributed by atoms with Crippen LogP contribution in [0.25, 0.3) is 0 Å². The molecule has 2 aliphatic heterocycles. The second-order valence-corrected chi connectivity index (χ2v) is 4.92. The molecule has 6 nitrogen and oxygen atoms in total. The molecule has 1 atom stereocenters. The molecule has 1 unspecified atom stereocenters. The van der Waals surface area contributed by atoms with Crippen molar-refractivity contribution in [3.05, 3.63) is 24.4 Å². The molecular weight excluding hydrogens is 256 g/mol. The number of allylic oxidation sites excluding steroid dienone is 2. The van der Waals surface area contributed by atoms with Crippen molar-refractivity contribution in [1.82, 2.24) is 15.1 Å². The van der Waals surface area contributed by atoms with Gasteiger partial charge in [-0.05, 0) is 19.0 Å². The molecule has 1 amide bonds. The Morgan fingerprint density at radius 2 is 2.30 bits per heavy atom. The van der Waals surface area contributed by atoms with Gasteiger partial charge in [0.2, 0.25) is 0 Å². The third kappa shape index (κ3) is 6.70. The van der Waals surface area contributed by atoms with Gasteiger partial charge >= 0.3 is 6.09 Å². The summed E-state index contributed by atoms with van der Waals surface area (Å²) in [5, 5.41) is 11.6. The fourth-order valence-corrected chi connectivity index (χ4v) is 2.04. The van der Waals surface area contributed by atoms with Crippen LogP contribution in [0.2, 0.25) is 0 Å². The zero-order chi connectivity index (χ0) is 14.8. The van der Waals surface area contributed by atoms with E-state index in [1.165, 1.54) is 30.5 Å². The molecule has 6 heteroatoms. The highest BCUT2D eigenvalue weighted by Crippen LogP contribution is 1.98. The average Bonchev–Trinajstić information content (AvgIpc) is 2.47. The fourth-order valence-electron chi connectivity index (χ4n) is 2.04. The molecule has 114 valence electrons. The van der Waals surface area contributed by atoms with E-state index in [2.05, 4.69) is 17.1 Å². The van der Waals surface area contributed by atoms with E-state index in [0.717, 1.165) is 19.6 Å². The maximum atomic E-state index is 10.2. The number of nitrogens with one attached hydrogen (secondary N) is 1. The molecule has 0 aromatic heterocycles. The van der Waals surface area contributed by atoms with Gasteiger partial charge in [0.1, 0.15) is 0 Å². The van der Waals surface area contributed by atoms with Crippen LogP contribution in [0.4, 0.5) is 4.79 Å². The molecule has 20 heavy (non-hydrogen) atoms. The largest absolute Gasteiger partial charge is 0.465 e. The topological polar surface area (TPSA) is 81.8 Å². The molecule has 0 radical (unpaired) electrons. The van der Waals surface area contributed by atoms with Crippen molar-refractivity contribution in [3.8, 4) is 0 Å². The summed E-state index contributed by atoms with van der Waals surface area (Å²) in [5.41, 5.74) is 5.74. The number of piperazine rings is 1. The summed E-state index contributed by atoms with van der Waals surface area (Å²) in [6, 6.07) is 0. The van der Waals surface area contributed by atoms with E-state index in [4.69, 9.17) is 10.8 Å². The first-order chi connectivity index (χ1) is 9.63. The van der Waals surface area contributed by atoms with Crippen molar-refractivity contribution in [2.45, 2.75) is 25.9 Å². The minimum absolute atomic E-state index is 0.195. The molecule has 2 rings (SSSR count). The maximum Gasteiger partial charge on any atom is 0.411 e. The number of unbranched alkanes of at least 4 members (excludes halogenated alkanes) is 1. The van der Waals surface area contributed by atoms with Gasteiger partial charge in [-0.1, -0.05) is 25.5 Å². The Morgan fingerprint density at radius 1 is 1.50 bits per heavy atom. The van der Waals surface area contributed by atoms with Crippen molar-refractivity contribution in [1.29, 1.82) is 0 Å². The second-order valence-electron chi connectivity index (χ2n) is 4.92. The number of carboxylic acid groups (broad SMARTS) is 1. The molecule has 1 saturated heterocycles. The monoisotopic (exact) mass is 282 g/mol. The van der Waals surface area contributed by atoms with Gasteiger partial charge in [-0.2, -0.15) is 0 Å². The lowest BCUT2D eigenvalue weighted by atomic mass is 10.2. The molecule has 2 heterocycles. The van der Waals surface area contributed by atoms with E-state index in [0.29, 0.717) is 6.54 Å². The van der Waals surface area contributed by atoms with Crippen molar-refractivity contribution < 1.29 is 9.90 Å². The lowest BCUT2D eigenvalue weighted by Gasteiger charge is -2.31. The first-order valence-corrected chi connectivity index (χ1v) is 7.17. The lowest BCUT2D eigenvalue weighted by molar-refractivity contribution is 0.166. The van der Waals surface area contributed by atoms with E-state index in [1.54, 1.807) is 12.2 Å². The Kier molecular flexibility index (Phi) is 7.94. The normalized spacial score (nSPS) is 22.3. The maximum absolute atomic E-state index is 10.2. The standard InChI is InChI=1S/C8H19N3.C6H7NO2/c1-2-3-5-11-6-4-10-8(9)7-11;8-6(9)7-4-2-1-3-5-7/h8,10H,2-7,9H2,1H3;1-4H,5H2,(H,8,9). The Hall–Kier alpha value is -1.37. The lowest BCUT2D eigenvalue weighted by Crippen LogP contribution is -2.54. The molecule has 1 fully saturated rings. The van der Waals surface area contributed by atoms with Gasteiger partial charge in [0.25, 0.3) is 0 Å². The Balaban J connectivity index is 0.000000204. The van der Waals surface area contributed by atoms with Crippen molar-refractivity contribution in [2.24, 2.45) is 5.73 Å². The van der Waals surface area contributed by atoms with Crippen molar-refractivity contribution in [3.63, 3.8) is 0 Å². The van der Waals surface area contributed by atoms with Crippen LogP contribution in [0.3, 0.4) is 0 Å². The molecule has 0 bridgehead atoms. The van der Waals surface area contributed by atoms with Gasteiger partial charge in [0.15, 0.2) is 0 Å². The van der Waals surface area contributed by atoms with Crippen LogP contribution in [-0.4, -0.2) is 59.9 Å². The average molecular weight is 282 g/mol. The van der Waals surface area contributed by atoms with E-state index < -0.39 is 6.09 Å². The number of amides is 1. The Labute approximate surface area is 120 Å². The van der Waals surface area contributed by atoms with E-state index in [-0.39, 0.29) is 6.17 Å². The molecule has 4 N–H and O–H groups in total. The molecule has 0 aromatic rings. The number of carbonyl (C=O) groups is 1. The molecular formula is C14H26N4O2. The SMILES string of the molecule is CCCCN1CCNC(N)C1.O=C(O)N1C=CC=CC1. The van der Waals surface area contributed by atoms with Gasteiger partial charge in [-0.3, -0.25) is 15.1 Å². The summed E-state index contributed by atoms with van der Waals surface area (Å²) >= 11 is 0. The Bertz CT molecular complexity index is 344. The van der Waals surface area contributed by atoms with Crippen molar-refractivity contribution in [2.75, 3.05) is 32.7 Å². The summed E-state index contributed by atoms with van der Waals surface area (Å²) in [7, 11) is 0. The summed E-state index contributed by atoms with van der Waals surface area (Å²) < 4.78 is 0. The van der Waals surface area contributed by atoms with Gasteiger partial charge in [0, 0.05) is 32.4 Å². The van der Waals surface area contributed by atoms with E-state index in [9.17, 15) is 4.79 Å². The zero-order valence-corrected chi connectivity index (χ0v) is 12.2. The van der Waals surface area contributed by atoms with E-state index >= 15 is 0 Å². The van der Waals surface area contributed by atoms with Gasteiger partial charge in [-0.25, -0.2) is 4.79 Å². The second kappa shape index (κ2) is 9.52. The number of rotatable bonds is 3. The highest BCUT2D eigenvalue weighted by molar-refractivity contribution is 5.66.